The van der Waals surface area contributed by atoms with Crippen LogP contribution in [0.2, 0.25) is 0 Å². The van der Waals surface area contributed by atoms with Crippen LogP contribution in [0.1, 0.15) is 49.7 Å². The lowest BCUT2D eigenvalue weighted by Gasteiger charge is -2.28. The standard InChI is InChI=1S/C16H22O2/c1-3-18-16(17)14-10-8-13(9-11-14)15-7-5-4-6-12(15)2/h4-7,13-14H,3,8-11H2,1-2H3. The monoisotopic (exact) mass is 246 g/mol. The van der Waals surface area contributed by atoms with Crippen LogP contribution in [0.3, 0.4) is 0 Å². The molecule has 0 N–H and O–H groups in total. The zero-order valence-electron chi connectivity index (χ0n) is 11.3. The van der Waals surface area contributed by atoms with Crippen molar-refractivity contribution in [3.8, 4) is 0 Å². The molecule has 0 bridgehead atoms. The average molecular weight is 246 g/mol. The van der Waals surface area contributed by atoms with Gasteiger partial charge in [-0.1, -0.05) is 24.3 Å². The van der Waals surface area contributed by atoms with E-state index in [9.17, 15) is 4.79 Å². The molecule has 1 aliphatic carbocycles. The third-order valence-electron chi connectivity index (χ3n) is 3.98. The molecule has 0 aromatic heterocycles. The SMILES string of the molecule is CCOC(=O)C1CCC(c2ccccc2C)CC1. The molecule has 1 aromatic carbocycles. The highest BCUT2D eigenvalue weighted by Gasteiger charge is 2.28. The molecule has 1 aromatic rings. The van der Waals surface area contributed by atoms with Gasteiger partial charge in [0.1, 0.15) is 0 Å². The summed E-state index contributed by atoms with van der Waals surface area (Å²) in [4.78, 5) is 11.7. The van der Waals surface area contributed by atoms with E-state index in [-0.39, 0.29) is 11.9 Å². The summed E-state index contributed by atoms with van der Waals surface area (Å²) in [6, 6.07) is 8.60. The van der Waals surface area contributed by atoms with Crippen LogP contribution in [0.15, 0.2) is 24.3 Å². The van der Waals surface area contributed by atoms with Gasteiger partial charge in [0.15, 0.2) is 0 Å². The largest absolute Gasteiger partial charge is 0.466 e. The van der Waals surface area contributed by atoms with Crippen LogP contribution >= 0.6 is 0 Å². The van der Waals surface area contributed by atoms with Gasteiger partial charge in [0.2, 0.25) is 0 Å². The molecule has 0 amide bonds. The minimum atomic E-state index is 0.000679. The fourth-order valence-electron chi connectivity index (χ4n) is 2.95. The van der Waals surface area contributed by atoms with E-state index < -0.39 is 0 Å². The van der Waals surface area contributed by atoms with Crippen LogP contribution in [-0.4, -0.2) is 12.6 Å². The van der Waals surface area contributed by atoms with Gasteiger partial charge < -0.3 is 4.74 Å². The average Bonchev–Trinajstić information content (AvgIpc) is 2.40. The Morgan fingerprint density at radius 2 is 1.89 bits per heavy atom. The Hall–Kier alpha value is -1.31. The van der Waals surface area contributed by atoms with Crippen molar-refractivity contribution in [1.29, 1.82) is 0 Å². The molecule has 0 unspecified atom stereocenters. The van der Waals surface area contributed by atoms with Crippen LogP contribution in [0.4, 0.5) is 0 Å². The highest BCUT2D eigenvalue weighted by Crippen LogP contribution is 2.37. The number of rotatable bonds is 3. The van der Waals surface area contributed by atoms with Gasteiger partial charge in [0, 0.05) is 0 Å². The summed E-state index contributed by atoms with van der Waals surface area (Å²) in [6.45, 7) is 4.54. The van der Waals surface area contributed by atoms with Gasteiger partial charge in [-0.25, -0.2) is 0 Å². The molecule has 2 nitrogen and oxygen atoms in total. The summed E-state index contributed by atoms with van der Waals surface area (Å²) in [7, 11) is 0. The minimum Gasteiger partial charge on any atom is -0.466 e. The number of carbonyl (C=O) groups excluding carboxylic acids is 1. The second-order valence-electron chi connectivity index (χ2n) is 5.16. The van der Waals surface area contributed by atoms with E-state index in [0.717, 1.165) is 25.7 Å². The van der Waals surface area contributed by atoms with Crippen molar-refractivity contribution in [2.75, 3.05) is 6.61 Å². The number of benzene rings is 1. The smallest absolute Gasteiger partial charge is 0.308 e. The van der Waals surface area contributed by atoms with Gasteiger partial charge in [-0.2, -0.15) is 0 Å². The number of hydrogen-bond acceptors (Lipinski definition) is 2. The highest BCUT2D eigenvalue weighted by atomic mass is 16.5. The Balaban J connectivity index is 1.95. The zero-order valence-corrected chi connectivity index (χ0v) is 11.3. The third kappa shape index (κ3) is 2.92. The van der Waals surface area contributed by atoms with Gasteiger partial charge in [0.05, 0.1) is 12.5 Å². The maximum atomic E-state index is 11.7. The van der Waals surface area contributed by atoms with Crippen LogP contribution in [-0.2, 0) is 9.53 Å². The first kappa shape index (κ1) is 13.1. The number of esters is 1. The number of carbonyl (C=O) groups is 1. The fraction of sp³-hybridized carbons (Fsp3) is 0.562. The van der Waals surface area contributed by atoms with E-state index in [0.29, 0.717) is 12.5 Å². The summed E-state index contributed by atoms with van der Waals surface area (Å²) < 4.78 is 5.11. The van der Waals surface area contributed by atoms with Gasteiger partial charge in [0.25, 0.3) is 0 Å². The van der Waals surface area contributed by atoms with Crippen molar-refractivity contribution in [2.45, 2.75) is 45.4 Å². The number of ether oxygens (including phenoxy) is 1. The van der Waals surface area contributed by atoms with Crippen LogP contribution < -0.4 is 0 Å². The molecular weight excluding hydrogens is 224 g/mol. The molecule has 0 atom stereocenters. The van der Waals surface area contributed by atoms with Crippen molar-refractivity contribution in [2.24, 2.45) is 5.92 Å². The topological polar surface area (TPSA) is 26.3 Å². The Morgan fingerprint density at radius 1 is 1.22 bits per heavy atom. The quantitative estimate of drug-likeness (QED) is 0.758. The van der Waals surface area contributed by atoms with Crippen LogP contribution in [0, 0.1) is 12.8 Å². The normalized spacial score (nSPS) is 23.7. The van der Waals surface area contributed by atoms with Gasteiger partial charge >= 0.3 is 5.97 Å². The molecule has 18 heavy (non-hydrogen) atoms. The Bertz CT molecular complexity index is 403. The highest BCUT2D eigenvalue weighted by molar-refractivity contribution is 5.72. The summed E-state index contributed by atoms with van der Waals surface area (Å²) >= 11 is 0. The van der Waals surface area contributed by atoms with Crippen LogP contribution in [0.5, 0.6) is 0 Å². The molecule has 0 heterocycles. The number of hydrogen-bond donors (Lipinski definition) is 0. The summed E-state index contributed by atoms with van der Waals surface area (Å²) in [5, 5.41) is 0. The first-order chi connectivity index (χ1) is 8.72. The van der Waals surface area contributed by atoms with E-state index in [1.165, 1.54) is 11.1 Å². The van der Waals surface area contributed by atoms with Gasteiger partial charge in [-0.05, 0) is 56.6 Å². The van der Waals surface area contributed by atoms with E-state index >= 15 is 0 Å². The first-order valence-electron chi connectivity index (χ1n) is 6.94. The molecule has 2 heteroatoms. The molecular formula is C16H22O2. The molecule has 98 valence electrons. The lowest BCUT2D eigenvalue weighted by atomic mass is 9.77. The maximum absolute atomic E-state index is 11.7. The third-order valence-corrected chi connectivity index (χ3v) is 3.98. The predicted molar refractivity (Wildman–Crippen MR) is 72.5 cm³/mol. The molecule has 1 saturated carbocycles. The van der Waals surface area contributed by atoms with Crippen molar-refractivity contribution in [1.82, 2.24) is 0 Å². The van der Waals surface area contributed by atoms with Crippen molar-refractivity contribution in [3.05, 3.63) is 35.4 Å². The molecule has 1 aliphatic rings. The lowest BCUT2D eigenvalue weighted by molar-refractivity contribution is -0.149. The zero-order chi connectivity index (χ0) is 13.0. The van der Waals surface area contributed by atoms with Crippen molar-refractivity contribution >= 4 is 5.97 Å². The molecule has 0 spiro atoms. The Labute approximate surface area is 109 Å². The predicted octanol–water partition coefficient (Wildman–Crippen LogP) is 3.83. The first-order valence-corrected chi connectivity index (χ1v) is 6.94. The minimum absolute atomic E-state index is 0.000679. The maximum Gasteiger partial charge on any atom is 0.308 e. The van der Waals surface area contributed by atoms with Crippen LogP contribution in [0.25, 0.3) is 0 Å². The molecule has 1 fully saturated rings. The second-order valence-corrected chi connectivity index (χ2v) is 5.16. The van der Waals surface area contributed by atoms with E-state index in [2.05, 4.69) is 31.2 Å². The van der Waals surface area contributed by atoms with E-state index in [4.69, 9.17) is 4.74 Å². The van der Waals surface area contributed by atoms with Crippen molar-refractivity contribution < 1.29 is 9.53 Å². The van der Waals surface area contributed by atoms with Gasteiger partial charge in [-0.3, -0.25) is 4.79 Å². The Morgan fingerprint density at radius 3 is 2.50 bits per heavy atom. The summed E-state index contributed by atoms with van der Waals surface area (Å²) in [5.74, 6) is 0.753. The lowest BCUT2D eigenvalue weighted by Crippen LogP contribution is -2.23. The van der Waals surface area contributed by atoms with E-state index in [1.807, 2.05) is 6.92 Å². The summed E-state index contributed by atoms with van der Waals surface area (Å²) in [5.41, 5.74) is 2.83. The van der Waals surface area contributed by atoms with E-state index in [1.54, 1.807) is 0 Å². The fourth-order valence-corrected chi connectivity index (χ4v) is 2.95. The van der Waals surface area contributed by atoms with Crippen molar-refractivity contribution in [3.63, 3.8) is 0 Å². The molecule has 0 saturated heterocycles. The summed E-state index contributed by atoms with van der Waals surface area (Å²) in [6.07, 6.45) is 4.15. The molecule has 0 aliphatic heterocycles. The van der Waals surface area contributed by atoms with Gasteiger partial charge in [-0.15, -0.1) is 0 Å². The Kier molecular flexibility index (Phi) is 4.40. The second kappa shape index (κ2) is 6.03. The molecule has 2 rings (SSSR count). The molecule has 0 radical (unpaired) electrons. The number of aryl methyl sites for hydroxylation is 1.